The van der Waals surface area contributed by atoms with E-state index in [1.165, 1.54) is 12.5 Å². The average Bonchev–Trinajstić information content (AvgIpc) is 2.12. The van der Waals surface area contributed by atoms with Crippen molar-refractivity contribution >= 4 is 30.6 Å². The van der Waals surface area contributed by atoms with E-state index in [0.717, 1.165) is 0 Å². The fourth-order valence-electron chi connectivity index (χ4n) is 0.418. The van der Waals surface area contributed by atoms with Crippen LogP contribution in [0.4, 0.5) is 0 Å². The Morgan fingerprint density at radius 3 is 2.30 bits per heavy atom. The van der Waals surface area contributed by atoms with E-state index in [-0.39, 0.29) is 30.6 Å². The van der Waals surface area contributed by atoms with Crippen molar-refractivity contribution in [1.82, 2.24) is 0 Å². The van der Waals surface area contributed by atoms with Crippen molar-refractivity contribution < 1.29 is 4.42 Å². The van der Waals surface area contributed by atoms with Crippen molar-refractivity contribution in [3.8, 4) is 0 Å². The molecule has 1 rings (SSSR count). The van der Waals surface area contributed by atoms with Crippen molar-refractivity contribution in [3.05, 3.63) is 24.2 Å². The lowest BCUT2D eigenvalue weighted by atomic mass is 10.3. The fraction of sp³-hybridized carbons (Fsp3) is 0. The van der Waals surface area contributed by atoms with Gasteiger partial charge < -0.3 is 10.2 Å². The van der Waals surface area contributed by atoms with E-state index < -0.39 is 0 Å². The molecule has 0 fully saturated rings. The Labute approximate surface area is 70.9 Å². The summed E-state index contributed by atoms with van der Waals surface area (Å²) in [5.41, 5.74) is 5.71. The standard InChI is InChI=1S/C5H6N2O.2ClH/c6-5(7)4-1-2-8-3-4;;/h1-3H,(H3,6,7);2*1H. The zero-order valence-corrected chi connectivity index (χ0v) is 6.67. The third kappa shape index (κ3) is 2.75. The number of nitrogens with one attached hydrogen (secondary N) is 1. The van der Waals surface area contributed by atoms with Gasteiger partial charge in [0.15, 0.2) is 0 Å². The lowest BCUT2D eigenvalue weighted by Gasteiger charge is -1.83. The topological polar surface area (TPSA) is 63.0 Å². The first kappa shape index (κ1) is 12.0. The Morgan fingerprint density at radius 1 is 1.50 bits per heavy atom. The maximum absolute atomic E-state index is 6.87. The van der Waals surface area contributed by atoms with Crippen LogP contribution in [0, 0.1) is 5.41 Å². The average molecular weight is 183 g/mol. The number of rotatable bonds is 1. The highest BCUT2D eigenvalue weighted by Gasteiger charge is 1.93. The van der Waals surface area contributed by atoms with Gasteiger partial charge in [0.25, 0.3) is 0 Å². The Balaban J connectivity index is 0. The van der Waals surface area contributed by atoms with Crippen LogP contribution in [0.3, 0.4) is 0 Å². The second-order valence-corrected chi connectivity index (χ2v) is 1.43. The van der Waals surface area contributed by atoms with Crippen LogP contribution in [0.2, 0.25) is 0 Å². The molecule has 1 heterocycles. The van der Waals surface area contributed by atoms with Crippen LogP contribution in [0.15, 0.2) is 23.0 Å². The van der Waals surface area contributed by atoms with Crippen molar-refractivity contribution in [2.24, 2.45) is 5.73 Å². The molecule has 1 aromatic rings. The molecule has 0 unspecified atom stereocenters. The van der Waals surface area contributed by atoms with Crippen LogP contribution in [-0.4, -0.2) is 5.84 Å². The summed E-state index contributed by atoms with van der Waals surface area (Å²) >= 11 is 0. The summed E-state index contributed by atoms with van der Waals surface area (Å²) in [5, 5.41) is 6.87. The molecular weight excluding hydrogens is 175 g/mol. The van der Waals surface area contributed by atoms with E-state index in [2.05, 4.69) is 4.42 Å². The van der Waals surface area contributed by atoms with Crippen LogP contribution in [0.1, 0.15) is 5.56 Å². The first-order chi connectivity index (χ1) is 3.80. The Kier molecular flexibility index (Phi) is 6.20. The number of nitrogen functional groups attached to an aromatic ring is 1. The van der Waals surface area contributed by atoms with Crippen molar-refractivity contribution in [2.45, 2.75) is 0 Å². The second-order valence-electron chi connectivity index (χ2n) is 1.43. The third-order valence-corrected chi connectivity index (χ3v) is 0.832. The van der Waals surface area contributed by atoms with Gasteiger partial charge in [0, 0.05) is 0 Å². The molecular formula is C5H8Cl2N2O. The number of nitrogens with two attached hydrogens (primary N) is 1. The molecule has 58 valence electrons. The third-order valence-electron chi connectivity index (χ3n) is 0.832. The smallest absolute Gasteiger partial charge is 0.126 e. The molecule has 0 spiro atoms. The van der Waals surface area contributed by atoms with E-state index in [9.17, 15) is 0 Å². The molecule has 0 bridgehead atoms. The number of hydrogen-bond donors (Lipinski definition) is 2. The van der Waals surface area contributed by atoms with Gasteiger partial charge in [-0.25, -0.2) is 0 Å². The Hall–Kier alpha value is -0.670. The minimum atomic E-state index is 0. The number of halogens is 2. The number of amidine groups is 1. The highest BCUT2D eigenvalue weighted by atomic mass is 35.5. The summed E-state index contributed by atoms with van der Waals surface area (Å²) in [6.45, 7) is 0. The van der Waals surface area contributed by atoms with Crippen molar-refractivity contribution in [1.29, 1.82) is 5.41 Å². The molecule has 5 heteroatoms. The molecule has 0 saturated carbocycles. The molecule has 0 radical (unpaired) electrons. The summed E-state index contributed by atoms with van der Waals surface area (Å²) in [6.07, 6.45) is 2.92. The molecule has 0 aromatic carbocycles. The van der Waals surface area contributed by atoms with Crippen LogP contribution in [-0.2, 0) is 0 Å². The summed E-state index contributed by atoms with van der Waals surface area (Å²) in [7, 11) is 0. The molecule has 0 saturated heterocycles. The van der Waals surface area contributed by atoms with E-state index in [1.54, 1.807) is 6.07 Å². The van der Waals surface area contributed by atoms with Crippen LogP contribution in [0.5, 0.6) is 0 Å². The largest absolute Gasteiger partial charge is 0.472 e. The molecule has 0 aliphatic heterocycles. The maximum atomic E-state index is 6.87. The van der Waals surface area contributed by atoms with E-state index in [4.69, 9.17) is 11.1 Å². The first-order valence-electron chi connectivity index (χ1n) is 2.17. The first-order valence-corrected chi connectivity index (χ1v) is 2.17. The molecule has 10 heavy (non-hydrogen) atoms. The van der Waals surface area contributed by atoms with Gasteiger partial charge in [-0.3, -0.25) is 5.41 Å². The second kappa shape index (κ2) is 5.14. The molecule has 3 nitrogen and oxygen atoms in total. The van der Waals surface area contributed by atoms with Crippen molar-refractivity contribution in [2.75, 3.05) is 0 Å². The molecule has 0 amide bonds. The van der Waals surface area contributed by atoms with Crippen LogP contribution < -0.4 is 5.73 Å². The van der Waals surface area contributed by atoms with Gasteiger partial charge in [-0.15, -0.1) is 24.8 Å². The number of furan rings is 1. The predicted molar refractivity (Wildman–Crippen MR) is 44.2 cm³/mol. The quantitative estimate of drug-likeness (QED) is 0.510. The molecule has 0 aliphatic rings. The van der Waals surface area contributed by atoms with Gasteiger partial charge >= 0.3 is 0 Å². The minimum absolute atomic E-state index is 0. The molecule has 1 aromatic heterocycles. The van der Waals surface area contributed by atoms with Gasteiger partial charge in [0.1, 0.15) is 12.1 Å². The Bertz CT molecular complexity index is 186. The lowest BCUT2D eigenvalue weighted by molar-refractivity contribution is 0.567. The van der Waals surface area contributed by atoms with Gasteiger partial charge in [0.05, 0.1) is 11.8 Å². The van der Waals surface area contributed by atoms with E-state index in [0.29, 0.717) is 5.56 Å². The summed E-state index contributed by atoms with van der Waals surface area (Å²) in [5.74, 6) is 0.0405. The predicted octanol–water partition coefficient (Wildman–Crippen LogP) is 1.41. The minimum Gasteiger partial charge on any atom is -0.472 e. The molecule has 0 atom stereocenters. The van der Waals surface area contributed by atoms with Crippen LogP contribution >= 0.6 is 24.8 Å². The van der Waals surface area contributed by atoms with E-state index in [1.807, 2.05) is 0 Å². The lowest BCUT2D eigenvalue weighted by Crippen LogP contribution is -2.08. The van der Waals surface area contributed by atoms with Gasteiger partial charge in [0.2, 0.25) is 0 Å². The molecule has 0 aliphatic carbocycles. The number of hydrogen-bond acceptors (Lipinski definition) is 2. The zero-order valence-electron chi connectivity index (χ0n) is 5.03. The maximum Gasteiger partial charge on any atom is 0.126 e. The van der Waals surface area contributed by atoms with Crippen molar-refractivity contribution in [3.63, 3.8) is 0 Å². The van der Waals surface area contributed by atoms with Crippen LogP contribution in [0.25, 0.3) is 0 Å². The Morgan fingerprint density at radius 2 is 2.10 bits per heavy atom. The highest BCUT2D eigenvalue weighted by molar-refractivity contribution is 5.94. The highest BCUT2D eigenvalue weighted by Crippen LogP contribution is 1.95. The summed E-state index contributed by atoms with van der Waals surface area (Å²) < 4.78 is 4.65. The summed E-state index contributed by atoms with van der Waals surface area (Å²) in [6, 6.07) is 1.64. The monoisotopic (exact) mass is 182 g/mol. The van der Waals surface area contributed by atoms with Gasteiger partial charge in [-0.05, 0) is 6.07 Å². The van der Waals surface area contributed by atoms with E-state index >= 15 is 0 Å². The molecule has 3 N–H and O–H groups in total. The summed E-state index contributed by atoms with van der Waals surface area (Å²) in [4.78, 5) is 0. The van der Waals surface area contributed by atoms with Gasteiger partial charge in [-0.2, -0.15) is 0 Å². The normalized spacial score (nSPS) is 7.20. The van der Waals surface area contributed by atoms with Gasteiger partial charge in [-0.1, -0.05) is 0 Å². The SMILES string of the molecule is Cl.Cl.N=C(N)c1ccoc1. The fourth-order valence-corrected chi connectivity index (χ4v) is 0.418. The zero-order chi connectivity index (χ0) is 5.98.